The van der Waals surface area contributed by atoms with Crippen LogP contribution in [0.5, 0.6) is 0 Å². The first-order valence-electron chi connectivity index (χ1n) is 8.15. The molecule has 0 aromatic carbocycles. The van der Waals surface area contributed by atoms with Gasteiger partial charge in [0.25, 0.3) is 0 Å². The van der Waals surface area contributed by atoms with Gasteiger partial charge in [0.15, 0.2) is 0 Å². The van der Waals surface area contributed by atoms with Crippen molar-refractivity contribution < 1.29 is 14.3 Å². The normalized spacial score (nSPS) is 30.8. The summed E-state index contributed by atoms with van der Waals surface area (Å²) < 4.78 is 11.0. The van der Waals surface area contributed by atoms with Gasteiger partial charge in [0.05, 0.1) is 13.2 Å². The van der Waals surface area contributed by atoms with Gasteiger partial charge in [-0.25, -0.2) is 0 Å². The molecule has 0 aromatic rings. The third-order valence-corrected chi connectivity index (χ3v) is 4.90. The zero-order valence-corrected chi connectivity index (χ0v) is 13.0. The minimum atomic E-state index is -0.525. The smallest absolute Gasteiger partial charge is 0.326 e. The molecule has 2 fully saturated rings. The van der Waals surface area contributed by atoms with Gasteiger partial charge in [0, 0.05) is 13.0 Å². The van der Waals surface area contributed by atoms with Crippen LogP contribution < -0.4 is 5.32 Å². The number of likely N-dealkylation sites (N-methyl/N-ethyl adjacent to an activating group) is 1. The fourth-order valence-electron chi connectivity index (χ4n) is 3.50. The standard InChI is InChI=1S/C16H29NO3/c1-3-17-16(15(18)19-2)10-5-8-14(12-16)20-11-9-13-6-4-7-13/h13-14,17H,3-12H2,1-2H3. The predicted octanol–water partition coefficient (Wildman–Crippen LogP) is 2.66. The molecule has 2 unspecified atom stereocenters. The molecule has 2 saturated carbocycles. The Balaban J connectivity index is 1.82. The van der Waals surface area contributed by atoms with Crippen LogP contribution in [0.1, 0.15) is 58.3 Å². The van der Waals surface area contributed by atoms with E-state index >= 15 is 0 Å². The average molecular weight is 283 g/mol. The highest BCUT2D eigenvalue weighted by molar-refractivity contribution is 5.81. The predicted molar refractivity (Wildman–Crippen MR) is 78.6 cm³/mol. The molecule has 2 rings (SSSR count). The van der Waals surface area contributed by atoms with Crippen LogP contribution in [0.3, 0.4) is 0 Å². The zero-order valence-electron chi connectivity index (χ0n) is 13.0. The molecule has 2 atom stereocenters. The lowest BCUT2D eigenvalue weighted by molar-refractivity contribution is -0.153. The number of methoxy groups -OCH3 is 1. The molecule has 0 saturated heterocycles. The van der Waals surface area contributed by atoms with Crippen LogP contribution in [0, 0.1) is 5.92 Å². The molecule has 0 heterocycles. The van der Waals surface area contributed by atoms with Gasteiger partial charge in [-0.15, -0.1) is 0 Å². The van der Waals surface area contributed by atoms with Crippen molar-refractivity contribution in [2.45, 2.75) is 69.9 Å². The first kappa shape index (κ1) is 15.8. The third-order valence-electron chi connectivity index (χ3n) is 4.90. The highest BCUT2D eigenvalue weighted by Gasteiger charge is 2.43. The molecule has 0 radical (unpaired) electrons. The fourth-order valence-corrected chi connectivity index (χ4v) is 3.50. The zero-order chi connectivity index (χ0) is 14.4. The van der Waals surface area contributed by atoms with E-state index in [4.69, 9.17) is 9.47 Å². The largest absolute Gasteiger partial charge is 0.468 e. The maximum Gasteiger partial charge on any atom is 0.326 e. The summed E-state index contributed by atoms with van der Waals surface area (Å²) in [5.41, 5.74) is -0.525. The van der Waals surface area contributed by atoms with E-state index < -0.39 is 5.54 Å². The van der Waals surface area contributed by atoms with E-state index in [1.165, 1.54) is 32.8 Å². The highest BCUT2D eigenvalue weighted by Crippen LogP contribution is 2.33. The molecule has 0 spiro atoms. The van der Waals surface area contributed by atoms with Crippen molar-refractivity contribution in [1.29, 1.82) is 0 Å². The van der Waals surface area contributed by atoms with E-state index in [0.29, 0.717) is 0 Å². The van der Waals surface area contributed by atoms with Crippen LogP contribution in [0.2, 0.25) is 0 Å². The third kappa shape index (κ3) is 3.73. The number of rotatable bonds is 7. The van der Waals surface area contributed by atoms with E-state index in [9.17, 15) is 4.79 Å². The Morgan fingerprint density at radius 2 is 2.10 bits per heavy atom. The molecule has 0 aliphatic heterocycles. The molecular formula is C16H29NO3. The molecular weight excluding hydrogens is 254 g/mol. The van der Waals surface area contributed by atoms with Crippen LogP contribution in [-0.2, 0) is 14.3 Å². The number of nitrogens with one attached hydrogen (secondary N) is 1. The number of carbonyl (C=O) groups is 1. The topological polar surface area (TPSA) is 47.6 Å². The Bertz CT molecular complexity index is 313. The summed E-state index contributed by atoms with van der Waals surface area (Å²) in [5, 5.41) is 3.35. The average Bonchev–Trinajstić information content (AvgIpc) is 2.41. The van der Waals surface area contributed by atoms with E-state index in [0.717, 1.165) is 44.8 Å². The van der Waals surface area contributed by atoms with Gasteiger partial charge in [-0.1, -0.05) is 26.2 Å². The highest BCUT2D eigenvalue weighted by atomic mass is 16.5. The summed E-state index contributed by atoms with van der Waals surface area (Å²) in [6, 6.07) is 0. The second-order valence-electron chi connectivity index (χ2n) is 6.28. The molecule has 4 heteroatoms. The van der Waals surface area contributed by atoms with Crippen molar-refractivity contribution in [2.24, 2.45) is 5.92 Å². The van der Waals surface area contributed by atoms with Crippen molar-refractivity contribution in [1.82, 2.24) is 5.32 Å². The summed E-state index contributed by atoms with van der Waals surface area (Å²) >= 11 is 0. The Morgan fingerprint density at radius 3 is 2.70 bits per heavy atom. The Kier molecular flexibility index (Phi) is 5.85. The van der Waals surface area contributed by atoms with Gasteiger partial charge in [-0.2, -0.15) is 0 Å². The first-order chi connectivity index (χ1) is 9.70. The summed E-state index contributed by atoms with van der Waals surface area (Å²) in [7, 11) is 1.47. The Morgan fingerprint density at radius 1 is 1.30 bits per heavy atom. The van der Waals surface area contributed by atoms with Crippen LogP contribution in [-0.4, -0.2) is 37.9 Å². The van der Waals surface area contributed by atoms with Crippen LogP contribution >= 0.6 is 0 Å². The molecule has 116 valence electrons. The van der Waals surface area contributed by atoms with Gasteiger partial charge in [-0.3, -0.25) is 4.79 Å². The van der Waals surface area contributed by atoms with E-state index in [1.54, 1.807) is 0 Å². The molecule has 0 aromatic heterocycles. The number of esters is 1. The van der Waals surface area contributed by atoms with Gasteiger partial charge in [0.2, 0.25) is 0 Å². The summed E-state index contributed by atoms with van der Waals surface area (Å²) in [6.45, 7) is 3.66. The lowest BCUT2D eigenvalue weighted by atomic mass is 9.79. The lowest BCUT2D eigenvalue weighted by Gasteiger charge is -2.39. The molecule has 2 aliphatic rings. The molecule has 4 nitrogen and oxygen atoms in total. The van der Waals surface area contributed by atoms with Crippen molar-refractivity contribution in [3.8, 4) is 0 Å². The van der Waals surface area contributed by atoms with Crippen molar-refractivity contribution in [3.63, 3.8) is 0 Å². The number of ether oxygens (including phenoxy) is 2. The molecule has 20 heavy (non-hydrogen) atoms. The minimum absolute atomic E-state index is 0.133. The SMILES string of the molecule is CCNC1(C(=O)OC)CCCC(OCCC2CCC2)C1. The van der Waals surface area contributed by atoms with Crippen molar-refractivity contribution in [2.75, 3.05) is 20.3 Å². The Labute approximate surface area is 122 Å². The number of carbonyl (C=O) groups excluding carboxylic acids is 1. The maximum absolute atomic E-state index is 12.1. The first-order valence-corrected chi connectivity index (χ1v) is 8.15. The van der Waals surface area contributed by atoms with Gasteiger partial charge in [0.1, 0.15) is 5.54 Å². The van der Waals surface area contributed by atoms with Gasteiger partial charge in [-0.05, 0) is 38.1 Å². The summed E-state index contributed by atoms with van der Waals surface area (Å²) in [4.78, 5) is 12.1. The number of hydrogen-bond donors (Lipinski definition) is 1. The second kappa shape index (κ2) is 7.41. The molecule has 1 N–H and O–H groups in total. The second-order valence-corrected chi connectivity index (χ2v) is 6.28. The molecule has 2 aliphatic carbocycles. The van der Waals surface area contributed by atoms with Crippen LogP contribution in [0.25, 0.3) is 0 Å². The summed E-state index contributed by atoms with van der Waals surface area (Å²) in [6.07, 6.45) is 9.21. The molecule has 0 amide bonds. The van der Waals surface area contributed by atoms with Crippen molar-refractivity contribution >= 4 is 5.97 Å². The van der Waals surface area contributed by atoms with Crippen LogP contribution in [0.15, 0.2) is 0 Å². The lowest BCUT2D eigenvalue weighted by Crippen LogP contribution is -2.56. The van der Waals surface area contributed by atoms with E-state index in [1.807, 2.05) is 6.92 Å². The van der Waals surface area contributed by atoms with Crippen LogP contribution in [0.4, 0.5) is 0 Å². The maximum atomic E-state index is 12.1. The monoisotopic (exact) mass is 283 g/mol. The Hall–Kier alpha value is -0.610. The van der Waals surface area contributed by atoms with Gasteiger partial charge < -0.3 is 14.8 Å². The van der Waals surface area contributed by atoms with Gasteiger partial charge >= 0.3 is 5.97 Å². The van der Waals surface area contributed by atoms with Crippen molar-refractivity contribution in [3.05, 3.63) is 0 Å². The van der Waals surface area contributed by atoms with E-state index in [-0.39, 0.29) is 12.1 Å². The minimum Gasteiger partial charge on any atom is -0.468 e. The summed E-state index contributed by atoms with van der Waals surface area (Å²) in [5.74, 6) is 0.754. The van der Waals surface area contributed by atoms with E-state index in [2.05, 4.69) is 5.32 Å². The molecule has 0 bridgehead atoms. The fraction of sp³-hybridized carbons (Fsp3) is 0.938. The number of hydrogen-bond acceptors (Lipinski definition) is 4. The quantitative estimate of drug-likeness (QED) is 0.730.